The van der Waals surface area contributed by atoms with E-state index in [1.807, 2.05) is 51.5 Å². The summed E-state index contributed by atoms with van der Waals surface area (Å²) in [5, 5.41) is 3.33. The molecule has 1 aliphatic heterocycles. The summed E-state index contributed by atoms with van der Waals surface area (Å²) < 4.78 is 15.6. The Morgan fingerprint density at radius 1 is 1.30 bits per heavy atom. The Balaban J connectivity index is 0.00000264. The summed E-state index contributed by atoms with van der Waals surface area (Å²) in [5.74, 6) is 0.846. The Bertz CT molecular complexity index is 498. The van der Waals surface area contributed by atoms with Gasteiger partial charge in [-0.05, 0) is 51.0 Å². The van der Waals surface area contributed by atoms with Gasteiger partial charge in [0.25, 0.3) is 0 Å². The van der Waals surface area contributed by atoms with Gasteiger partial charge in [-0.25, -0.2) is 4.79 Å². The number of ether oxygens (including phenoxy) is 3. The van der Waals surface area contributed by atoms with Gasteiger partial charge in [0.15, 0.2) is 0 Å². The molecule has 1 heterocycles. The first-order chi connectivity index (χ1) is 10.4. The maximum absolute atomic E-state index is 11.6. The molecule has 1 aliphatic rings. The van der Waals surface area contributed by atoms with Crippen molar-refractivity contribution >= 4 is 6.16 Å². The molecule has 0 unspecified atom stereocenters. The SMILES string of the molecule is COc1ccc(C[C@@H]2[CH-][C@@H](OC(=O)OC(C)(C)C)CN2)cc1.[Ho]. The molecular weight excluding hydrogens is 447 g/mol. The van der Waals surface area contributed by atoms with Crippen molar-refractivity contribution in [2.75, 3.05) is 13.7 Å². The largest absolute Gasteiger partial charge is 0.506 e. The smallest absolute Gasteiger partial charge is 0.497 e. The molecule has 0 bridgehead atoms. The summed E-state index contributed by atoms with van der Waals surface area (Å²) in [6, 6.07) is 8.14. The van der Waals surface area contributed by atoms with Crippen molar-refractivity contribution in [2.24, 2.45) is 0 Å². The fourth-order valence-corrected chi connectivity index (χ4v) is 2.30. The van der Waals surface area contributed by atoms with Gasteiger partial charge in [-0.2, -0.15) is 0 Å². The molecule has 1 saturated heterocycles. The van der Waals surface area contributed by atoms with Crippen LogP contribution in [0.5, 0.6) is 5.75 Å². The molecule has 1 N–H and O–H groups in total. The number of nitrogens with one attached hydrogen (secondary N) is 1. The van der Waals surface area contributed by atoms with Gasteiger partial charge in [0.1, 0.15) is 11.4 Å². The van der Waals surface area contributed by atoms with Gasteiger partial charge >= 0.3 is 6.16 Å². The Labute approximate surface area is 168 Å². The number of carbonyl (C=O) groups is 1. The normalized spacial score (nSPS) is 20.5. The predicted molar refractivity (Wildman–Crippen MR) is 83.9 cm³/mol. The minimum absolute atomic E-state index is 0. The first-order valence-corrected chi connectivity index (χ1v) is 7.46. The molecule has 5 nitrogen and oxygen atoms in total. The van der Waals surface area contributed by atoms with Crippen LogP contribution in [0.2, 0.25) is 0 Å². The number of carbonyl (C=O) groups excluding carboxylic acids is 1. The second-order valence-electron chi connectivity index (χ2n) is 6.38. The molecule has 0 aliphatic carbocycles. The van der Waals surface area contributed by atoms with Crippen molar-refractivity contribution in [1.29, 1.82) is 0 Å². The van der Waals surface area contributed by atoms with E-state index >= 15 is 0 Å². The van der Waals surface area contributed by atoms with Crippen LogP contribution >= 0.6 is 0 Å². The predicted octanol–water partition coefficient (Wildman–Crippen LogP) is 2.73. The van der Waals surface area contributed by atoms with Gasteiger partial charge in [-0.3, -0.25) is 6.42 Å². The van der Waals surface area contributed by atoms with Crippen molar-refractivity contribution in [2.45, 2.75) is 44.9 Å². The zero-order valence-corrected chi connectivity index (χ0v) is 15.8. The van der Waals surface area contributed by atoms with Crippen LogP contribution < -0.4 is 10.1 Å². The van der Waals surface area contributed by atoms with E-state index in [-0.39, 0.29) is 49.9 Å². The van der Waals surface area contributed by atoms with Gasteiger partial charge in [0.2, 0.25) is 0 Å². The number of methoxy groups -OCH3 is 1. The van der Waals surface area contributed by atoms with Crippen LogP contribution in [0, 0.1) is 44.2 Å². The summed E-state index contributed by atoms with van der Waals surface area (Å²) in [4.78, 5) is 11.6. The van der Waals surface area contributed by atoms with Gasteiger partial charge in [-0.1, -0.05) is 12.1 Å². The average Bonchev–Trinajstić information content (AvgIpc) is 2.84. The summed E-state index contributed by atoms with van der Waals surface area (Å²) >= 11 is 0. The summed E-state index contributed by atoms with van der Waals surface area (Å²) in [7, 11) is 1.65. The number of hydrogen-bond acceptors (Lipinski definition) is 5. The maximum atomic E-state index is 11.6. The molecule has 0 saturated carbocycles. The van der Waals surface area contributed by atoms with Crippen LogP contribution in [0.15, 0.2) is 24.3 Å². The third-order valence-corrected chi connectivity index (χ3v) is 3.28. The van der Waals surface area contributed by atoms with Crippen LogP contribution in [0.4, 0.5) is 4.79 Å². The van der Waals surface area contributed by atoms with Gasteiger partial charge in [0.05, 0.1) is 7.11 Å². The molecule has 1 fully saturated rings. The van der Waals surface area contributed by atoms with E-state index in [0.717, 1.165) is 12.2 Å². The third-order valence-electron chi connectivity index (χ3n) is 3.28. The zero-order valence-electron chi connectivity index (χ0n) is 13.9. The summed E-state index contributed by atoms with van der Waals surface area (Å²) in [6.07, 6.45) is 1.98. The van der Waals surface area contributed by atoms with Crippen LogP contribution in [-0.4, -0.2) is 37.6 Å². The Hall–Kier alpha value is -0.490. The van der Waals surface area contributed by atoms with E-state index in [1.165, 1.54) is 5.56 Å². The van der Waals surface area contributed by atoms with Crippen molar-refractivity contribution in [3.05, 3.63) is 36.2 Å². The van der Waals surface area contributed by atoms with Crippen LogP contribution in [-0.2, 0) is 15.9 Å². The van der Waals surface area contributed by atoms with Crippen LogP contribution in [0.25, 0.3) is 0 Å². The molecule has 0 amide bonds. The van der Waals surface area contributed by atoms with Crippen molar-refractivity contribution < 1.29 is 56.7 Å². The molecule has 0 spiro atoms. The standard InChI is InChI=1S/C17H24NO4.Ho/c1-17(2,3)22-16(19)21-15-10-13(18-11-15)9-12-5-7-14(20-4)8-6-12;/h5-8,10,13,15,18H,9,11H2,1-4H3;/q-1;/t13-,15-;/m1./s1. The fraction of sp³-hybridized carbons (Fsp3) is 0.529. The van der Waals surface area contributed by atoms with E-state index in [1.54, 1.807) is 7.11 Å². The molecule has 133 valence electrons. The Morgan fingerprint density at radius 2 is 1.96 bits per heavy atom. The van der Waals surface area contributed by atoms with Gasteiger partial charge in [0, 0.05) is 44.3 Å². The molecular formula is C17H24HoNO4-. The molecule has 1 radical (unpaired) electrons. The topological polar surface area (TPSA) is 56.8 Å². The minimum atomic E-state index is -0.624. The molecule has 6 heteroatoms. The third kappa shape index (κ3) is 7.29. The molecule has 1 aromatic carbocycles. The zero-order chi connectivity index (χ0) is 16.2. The second kappa shape index (κ2) is 9.11. The van der Waals surface area contributed by atoms with Gasteiger partial charge in [-0.15, -0.1) is 6.04 Å². The maximum Gasteiger partial charge on any atom is 0.506 e. The number of benzene rings is 1. The minimum Gasteiger partial charge on any atom is -0.497 e. The fourth-order valence-electron chi connectivity index (χ4n) is 2.30. The average molecular weight is 471 g/mol. The van der Waals surface area contributed by atoms with Gasteiger partial charge < -0.3 is 19.5 Å². The first kappa shape index (κ1) is 20.6. The van der Waals surface area contributed by atoms with E-state index in [2.05, 4.69) is 5.32 Å². The van der Waals surface area contributed by atoms with E-state index < -0.39 is 11.8 Å². The Morgan fingerprint density at radius 3 is 2.52 bits per heavy atom. The molecule has 2 atom stereocenters. The number of hydrogen-bond donors (Lipinski definition) is 1. The molecule has 23 heavy (non-hydrogen) atoms. The van der Waals surface area contributed by atoms with Crippen LogP contribution in [0.3, 0.4) is 0 Å². The van der Waals surface area contributed by atoms with E-state index in [9.17, 15) is 4.79 Å². The summed E-state index contributed by atoms with van der Waals surface area (Å²) in [5.41, 5.74) is 0.665. The van der Waals surface area contributed by atoms with Crippen molar-refractivity contribution in [1.82, 2.24) is 5.32 Å². The second-order valence-corrected chi connectivity index (χ2v) is 6.38. The van der Waals surface area contributed by atoms with Crippen molar-refractivity contribution in [3.63, 3.8) is 0 Å². The van der Waals surface area contributed by atoms with E-state index in [4.69, 9.17) is 14.2 Å². The van der Waals surface area contributed by atoms with Crippen molar-refractivity contribution in [3.8, 4) is 5.75 Å². The Kier molecular flexibility index (Phi) is 8.14. The molecule has 2 rings (SSSR count). The number of rotatable bonds is 4. The van der Waals surface area contributed by atoms with Crippen LogP contribution in [0.1, 0.15) is 26.3 Å². The molecule has 1 aromatic rings. The molecule has 0 aromatic heterocycles. The van der Waals surface area contributed by atoms with E-state index in [0.29, 0.717) is 6.54 Å². The first-order valence-electron chi connectivity index (χ1n) is 7.46. The quantitative estimate of drug-likeness (QED) is 0.416. The monoisotopic (exact) mass is 471 g/mol. The summed E-state index contributed by atoms with van der Waals surface area (Å²) in [6.45, 7) is 6.06.